The number of para-hydroxylation sites is 2. The van der Waals surface area contributed by atoms with Crippen molar-refractivity contribution in [3.63, 3.8) is 0 Å². The molecule has 126 valence electrons. The van der Waals surface area contributed by atoms with E-state index < -0.39 is 0 Å². The number of hydrogen-bond donors (Lipinski definition) is 1. The van der Waals surface area contributed by atoms with E-state index in [1.165, 1.54) is 0 Å². The van der Waals surface area contributed by atoms with Crippen LogP contribution in [-0.4, -0.2) is 41.7 Å². The summed E-state index contributed by atoms with van der Waals surface area (Å²) in [6.07, 6.45) is 1.53. The van der Waals surface area contributed by atoms with Crippen LogP contribution in [0.5, 0.6) is 11.5 Å². The first kappa shape index (κ1) is 16.1. The molecule has 1 aromatic carbocycles. The number of carbonyl (C=O) groups excluding carboxylic acids is 1. The van der Waals surface area contributed by atoms with Gasteiger partial charge in [-0.05, 0) is 31.2 Å². The molecular weight excluding hydrogens is 306 g/mol. The number of rotatable bonds is 5. The maximum Gasteiger partial charge on any atom is 0.317 e. The van der Waals surface area contributed by atoms with E-state index >= 15 is 0 Å². The van der Waals surface area contributed by atoms with Crippen LogP contribution in [-0.2, 0) is 6.54 Å². The van der Waals surface area contributed by atoms with Gasteiger partial charge in [-0.3, -0.25) is 4.98 Å². The van der Waals surface area contributed by atoms with Gasteiger partial charge >= 0.3 is 6.03 Å². The molecule has 24 heavy (non-hydrogen) atoms. The molecule has 1 aliphatic heterocycles. The van der Waals surface area contributed by atoms with E-state index in [4.69, 9.17) is 9.47 Å². The van der Waals surface area contributed by atoms with Crippen molar-refractivity contribution in [3.05, 3.63) is 54.4 Å². The smallest absolute Gasteiger partial charge is 0.317 e. The summed E-state index contributed by atoms with van der Waals surface area (Å²) in [4.78, 5) is 18.3. The van der Waals surface area contributed by atoms with Crippen molar-refractivity contribution in [3.8, 4) is 11.5 Å². The first-order chi connectivity index (χ1) is 11.8. The second-order valence-corrected chi connectivity index (χ2v) is 5.52. The monoisotopic (exact) mass is 327 g/mol. The minimum Gasteiger partial charge on any atom is -0.486 e. The molecule has 3 rings (SSSR count). The SMILES string of the molecule is CCN(C[C@H]1COc2ccccc2O1)C(=O)NCc1ccccn1. The molecule has 6 heteroatoms. The highest BCUT2D eigenvalue weighted by atomic mass is 16.6. The topological polar surface area (TPSA) is 63.7 Å². The molecule has 2 amide bonds. The quantitative estimate of drug-likeness (QED) is 0.916. The van der Waals surface area contributed by atoms with Crippen LogP contribution >= 0.6 is 0 Å². The molecule has 2 heterocycles. The maximum absolute atomic E-state index is 12.4. The molecule has 6 nitrogen and oxygen atoms in total. The van der Waals surface area contributed by atoms with Gasteiger partial charge in [0.05, 0.1) is 18.8 Å². The summed E-state index contributed by atoms with van der Waals surface area (Å²) in [5.74, 6) is 1.47. The van der Waals surface area contributed by atoms with Crippen molar-refractivity contribution in [2.24, 2.45) is 0 Å². The average molecular weight is 327 g/mol. The van der Waals surface area contributed by atoms with Gasteiger partial charge in [-0.15, -0.1) is 0 Å². The number of urea groups is 1. The van der Waals surface area contributed by atoms with Crippen LogP contribution in [0.1, 0.15) is 12.6 Å². The Labute approximate surface area is 141 Å². The van der Waals surface area contributed by atoms with Crippen molar-refractivity contribution in [2.45, 2.75) is 19.6 Å². The van der Waals surface area contributed by atoms with Crippen molar-refractivity contribution >= 4 is 6.03 Å². The standard InChI is InChI=1S/C18H21N3O3/c1-2-21(18(22)20-11-14-7-5-6-10-19-14)12-15-13-23-16-8-3-4-9-17(16)24-15/h3-10,15H,2,11-13H2,1H3,(H,20,22)/t15-/m0/s1. The van der Waals surface area contributed by atoms with Crippen molar-refractivity contribution in [1.82, 2.24) is 15.2 Å². The van der Waals surface area contributed by atoms with Gasteiger partial charge in [-0.2, -0.15) is 0 Å². The molecule has 0 radical (unpaired) electrons. The van der Waals surface area contributed by atoms with Crippen molar-refractivity contribution in [1.29, 1.82) is 0 Å². The lowest BCUT2D eigenvalue weighted by atomic mass is 10.2. The van der Waals surface area contributed by atoms with Crippen LogP contribution in [0, 0.1) is 0 Å². The molecule has 0 saturated heterocycles. The van der Waals surface area contributed by atoms with Gasteiger partial charge in [-0.25, -0.2) is 4.79 Å². The summed E-state index contributed by atoms with van der Waals surface area (Å²) < 4.78 is 11.6. The summed E-state index contributed by atoms with van der Waals surface area (Å²) in [5, 5.41) is 2.89. The zero-order valence-electron chi connectivity index (χ0n) is 13.6. The molecule has 0 unspecified atom stereocenters. The Morgan fingerprint density at radius 2 is 2.04 bits per heavy atom. The van der Waals surface area contributed by atoms with Gasteiger partial charge in [0.15, 0.2) is 17.6 Å². The highest BCUT2D eigenvalue weighted by Crippen LogP contribution is 2.30. The molecule has 0 bridgehead atoms. The Kier molecular flexibility index (Phi) is 5.15. The molecule has 0 aliphatic carbocycles. The van der Waals surface area contributed by atoms with E-state index in [9.17, 15) is 4.79 Å². The molecule has 0 saturated carbocycles. The van der Waals surface area contributed by atoms with Crippen LogP contribution in [0.3, 0.4) is 0 Å². The lowest BCUT2D eigenvalue weighted by Gasteiger charge is -2.30. The van der Waals surface area contributed by atoms with Crippen molar-refractivity contribution < 1.29 is 14.3 Å². The fourth-order valence-corrected chi connectivity index (χ4v) is 2.54. The van der Waals surface area contributed by atoms with Crippen LogP contribution in [0.25, 0.3) is 0 Å². The Morgan fingerprint density at radius 1 is 1.25 bits per heavy atom. The van der Waals surface area contributed by atoms with Gasteiger partial charge in [0.1, 0.15) is 6.61 Å². The predicted molar refractivity (Wildman–Crippen MR) is 90.1 cm³/mol. The van der Waals surface area contributed by atoms with E-state index in [0.29, 0.717) is 26.2 Å². The van der Waals surface area contributed by atoms with Crippen LogP contribution in [0.4, 0.5) is 4.79 Å². The lowest BCUT2D eigenvalue weighted by molar-refractivity contribution is 0.0675. The summed E-state index contributed by atoms with van der Waals surface area (Å²) in [7, 11) is 0. The highest BCUT2D eigenvalue weighted by Gasteiger charge is 2.24. The lowest BCUT2D eigenvalue weighted by Crippen LogP contribution is -2.47. The molecule has 1 aromatic heterocycles. The van der Waals surface area contributed by atoms with E-state index in [-0.39, 0.29) is 12.1 Å². The summed E-state index contributed by atoms with van der Waals surface area (Å²) in [6, 6.07) is 13.1. The number of likely N-dealkylation sites (N-methyl/N-ethyl adjacent to an activating group) is 1. The number of hydrogen-bond acceptors (Lipinski definition) is 4. The van der Waals surface area contributed by atoms with E-state index in [1.807, 2.05) is 49.4 Å². The van der Waals surface area contributed by atoms with Crippen molar-refractivity contribution in [2.75, 3.05) is 19.7 Å². The molecule has 0 fully saturated rings. The third kappa shape index (κ3) is 3.95. The van der Waals surface area contributed by atoms with Gasteiger partial charge in [0.2, 0.25) is 0 Å². The molecule has 1 aliphatic rings. The van der Waals surface area contributed by atoms with E-state index in [2.05, 4.69) is 10.3 Å². The molecule has 0 spiro atoms. The third-order valence-corrected chi connectivity index (χ3v) is 3.81. The second kappa shape index (κ2) is 7.68. The minimum absolute atomic E-state index is 0.134. The number of ether oxygens (including phenoxy) is 2. The van der Waals surface area contributed by atoms with E-state index in [1.54, 1.807) is 11.1 Å². The van der Waals surface area contributed by atoms with Crippen LogP contribution in [0.15, 0.2) is 48.7 Å². The predicted octanol–water partition coefficient (Wildman–Crippen LogP) is 2.45. The Bertz CT molecular complexity index is 678. The minimum atomic E-state index is -0.180. The number of carbonyl (C=O) groups is 1. The van der Waals surface area contributed by atoms with Crippen LogP contribution < -0.4 is 14.8 Å². The number of amides is 2. The Hall–Kier alpha value is -2.76. The number of nitrogens with zero attached hydrogens (tertiary/aromatic N) is 2. The maximum atomic E-state index is 12.4. The largest absolute Gasteiger partial charge is 0.486 e. The number of benzene rings is 1. The molecule has 2 aromatic rings. The summed E-state index contributed by atoms with van der Waals surface area (Å²) in [5.41, 5.74) is 0.827. The fraction of sp³-hybridized carbons (Fsp3) is 0.333. The molecule has 1 N–H and O–H groups in total. The van der Waals surface area contributed by atoms with Gasteiger partial charge in [-0.1, -0.05) is 18.2 Å². The second-order valence-electron chi connectivity index (χ2n) is 5.52. The number of aromatic nitrogens is 1. The van der Waals surface area contributed by atoms with Gasteiger partial charge < -0.3 is 19.7 Å². The molecule has 1 atom stereocenters. The fourth-order valence-electron chi connectivity index (χ4n) is 2.54. The zero-order valence-corrected chi connectivity index (χ0v) is 13.6. The first-order valence-electron chi connectivity index (χ1n) is 8.07. The summed E-state index contributed by atoms with van der Waals surface area (Å²) >= 11 is 0. The van der Waals surface area contributed by atoms with Gasteiger partial charge in [0, 0.05) is 12.7 Å². The number of fused-ring (bicyclic) bond motifs is 1. The van der Waals surface area contributed by atoms with Gasteiger partial charge in [0.25, 0.3) is 0 Å². The first-order valence-corrected chi connectivity index (χ1v) is 8.07. The Balaban J connectivity index is 1.54. The van der Waals surface area contributed by atoms with E-state index in [0.717, 1.165) is 17.2 Å². The third-order valence-electron chi connectivity index (χ3n) is 3.81. The number of pyridine rings is 1. The highest BCUT2D eigenvalue weighted by molar-refractivity contribution is 5.74. The molecular formula is C18H21N3O3. The average Bonchev–Trinajstić information content (AvgIpc) is 2.65. The normalized spacial score (nSPS) is 15.6. The zero-order chi connectivity index (χ0) is 16.8. The van der Waals surface area contributed by atoms with Crippen LogP contribution in [0.2, 0.25) is 0 Å². The Morgan fingerprint density at radius 3 is 2.79 bits per heavy atom. The summed E-state index contributed by atoms with van der Waals surface area (Å²) in [6.45, 7) is 3.84. The number of nitrogens with one attached hydrogen (secondary N) is 1.